The molecule has 0 heterocycles. The molecule has 2 amide bonds. The number of amides is 2. The Balaban J connectivity index is 1.96. The summed E-state index contributed by atoms with van der Waals surface area (Å²) in [6, 6.07) is 7.56. The molecule has 0 saturated heterocycles. The summed E-state index contributed by atoms with van der Waals surface area (Å²) in [7, 11) is 1.84. The fourth-order valence-corrected chi connectivity index (χ4v) is 1.77. The first-order valence-corrected chi connectivity index (χ1v) is 5.56. The number of nitrogen functional groups attached to an aromatic ring is 1. The van der Waals surface area contributed by atoms with Crippen molar-refractivity contribution in [2.75, 3.05) is 18.1 Å². The molecular formula is C12H17N3O. The summed E-state index contributed by atoms with van der Waals surface area (Å²) in [5.74, 6) is 0. The van der Waals surface area contributed by atoms with Gasteiger partial charge in [-0.2, -0.15) is 0 Å². The van der Waals surface area contributed by atoms with Crippen molar-refractivity contribution in [3.05, 3.63) is 24.3 Å². The molecule has 4 nitrogen and oxygen atoms in total. The van der Waals surface area contributed by atoms with Gasteiger partial charge in [0.05, 0.1) is 0 Å². The van der Waals surface area contributed by atoms with Crippen LogP contribution in [-0.2, 0) is 0 Å². The van der Waals surface area contributed by atoms with Crippen molar-refractivity contribution in [2.45, 2.75) is 25.3 Å². The smallest absolute Gasteiger partial charge is 0.321 e. The molecule has 86 valence electrons. The molecule has 1 aromatic carbocycles. The van der Waals surface area contributed by atoms with Crippen LogP contribution in [0.2, 0.25) is 0 Å². The maximum absolute atomic E-state index is 11.8. The number of benzene rings is 1. The first kappa shape index (κ1) is 10.8. The third-order valence-corrected chi connectivity index (χ3v) is 3.08. The largest absolute Gasteiger partial charge is 0.399 e. The monoisotopic (exact) mass is 219 g/mol. The Morgan fingerprint density at radius 3 is 2.81 bits per heavy atom. The van der Waals surface area contributed by atoms with E-state index in [2.05, 4.69) is 5.32 Å². The number of carbonyl (C=O) groups is 1. The Kier molecular flexibility index (Phi) is 2.99. The van der Waals surface area contributed by atoms with Crippen molar-refractivity contribution >= 4 is 17.4 Å². The Morgan fingerprint density at radius 2 is 2.25 bits per heavy atom. The van der Waals surface area contributed by atoms with Gasteiger partial charge in [-0.3, -0.25) is 0 Å². The van der Waals surface area contributed by atoms with Gasteiger partial charge in [0.25, 0.3) is 0 Å². The Hall–Kier alpha value is -1.71. The van der Waals surface area contributed by atoms with Gasteiger partial charge >= 0.3 is 6.03 Å². The van der Waals surface area contributed by atoms with Crippen LogP contribution in [0.4, 0.5) is 16.2 Å². The van der Waals surface area contributed by atoms with Crippen LogP contribution in [0, 0.1) is 0 Å². The molecule has 3 N–H and O–H groups in total. The lowest BCUT2D eigenvalue weighted by atomic mass is 9.92. The van der Waals surface area contributed by atoms with Crippen molar-refractivity contribution < 1.29 is 4.79 Å². The van der Waals surface area contributed by atoms with E-state index in [4.69, 9.17) is 5.73 Å². The average molecular weight is 219 g/mol. The van der Waals surface area contributed by atoms with Gasteiger partial charge in [-0.15, -0.1) is 0 Å². The minimum absolute atomic E-state index is 0.0599. The van der Waals surface area contributed by atoms with E-state index in [1.165, 1.54) is 6.42 Å². The molecule has 0 spiro atoms. The Morgan fingerprint density at radius 1 is 1.50 bits per heavy atom. The van der Waals surface area contributed by atoms with Gasteiger partial charge in [0, 0.05) is 24.5 Å². The number of urea groups is 1. The van der Waals surface area contributed by atoms with Gasteiger partial charge in [-0.1, -0.05) is 6.07 Å². The van der Waals surface area contributed by atoms with Crippen LogP contribution < -0.4 is 11.1 Å². The first-order chi connectivity index (χ1) is 7.66. The number of nitrogens with two attached hydrogens (primary N) is 1. The molecule has 0 aromatic heterocycles. The average Bonchev–Trinajstić information content (AvgIpc) is 2.14. The molecule has 1 aromatic rings. The molecule has 0 radical (unpaired) electrons. The predicted molar refractivity (Wildman–Crippen MR) is 65.3 cm³/mol. The first-order valence-electron chi connectivity index (χ1n) is 5.56. The molecule has 16 heavy (non-hydrogen) atoms. The van der Waals surface area contributed by atoms with Crippen molar-refractivity contribution in [3.8, 4) is 0 Å². The summed E-state index contributed by atoms with van der Waals surface area (Å²) in [4.78, 5) is 13.6. The summed E-state index contributed by atoms with van der Waals surface area (Å²) in [6.45, 7) is 0. The maximum atomic E-state index is 11.8. The van der Waals surface area contributed by atoms with Crippen LogP contribution >= 0.6 is 0 Å². The van der Waals surface area contributed by atoms with E-state index in [9.17, 15) is 4.79 Å². The van der Waals surface area contributed by atoms with Crippen LogP contribution in [0.15, 0.2) is 24.3 Å². The second-order valence-electron chi connectivity index (χ2n) is 4.25. The lowest BCUT2D eigenvalue weighted by molar-refractivity contribution is 0.169. The topological polar surface area (TPSA) is 58.4 Å². The van der Waals surface area contributed by atoms with Crippen molar-refractivity contribution in [2.24, 2.45) is 0 Å². The molecule has 1 saturated carbocycles. The van der Waals surface area contributed by atoms with Gasteiger partial charge in [-0.05, 0) is 37.5 Å². The van der Waals surface area contributed by atoms with Gasteiger partial charge in [-0.25, -0.2) is 4.79 Å². The number of anilines is 2. The summed E-state index contributed by atoms with van der Waals surface area (Å²) in [6.07, 6.45) is 3.45. The molecule has 1 fully saturated rings. The molecule has 1 aliphatic rings. The van der Waals surface area contributed by atoms with E-state index in [0.29, 0.717) is 11.7 Å². The molecular weight excluding hydrogens is 202 g/mol. The highest BCUT2D eigenvalue weighted by Crippen LogP contribution is 2.24. The zero-order valence-corrected chi connectivity index (χ0v) is 9.44. The minimum Gasteiger partial charge on any atom is -0.399 e. The lowest BCUT2D eigenvalue weighted by Crippen LogP contribution is -2.43. The highest BCUT2D eigenvalue weighted by Gasteiger charge is 2.25. The van der Waals surface area contributed by atoms with Crippen LogP contribution in [-0.4, -0.2) is 24.0 Å². The Bertz CT molecular complexity index is 388. The molecule has 1 aliphatic carbocycles. The molecule has 0 unspecified atom stereocenters. The molecule has 0 aliphatic heterocycles. The van der Waals surface area contributed by atoms with Crippen LogP contribution in [0.5, 0.6) is 0 Å². The zero-order valence-electron chi connectivity index (χ0n) is 9.44. The number of nitrogens with one attached hydrogen (secondary N) is 1. The van der Waals surface area contributed by atoms with Crippen molar-refractivity contribution in [1.82, 2.24) is 4.90 Å². The fraction of sp³-hybridized carbons (Fsp3) is 0.417. The van der Waals surface area contributed by atoms with E-state index in [-0.39, 0.29) is 6.03 Å². The zero-order chi connectivity index (χ0) is 11.5. The predicted octanol–water partition coefficient (Wildman–Crippen LogP) is 2.29. The number of rotatable bonds is 2. The normalized spacial score (nSPS) is 15.3. The van der Waals surface area contributed by atoms with E-state index >= 15 is 0 Å². The Labute approximate surface area is 95.4 Å². The molecule has 0 bridgehead atoms. The van der Waals surface area contributed by atoms with Crippen LogP contribution in [0.3, 0.4) is 0 Å². The summed E-state index contributed by atoms with van der Waals surface area (Å²) in [5, 5.41) is 2.84. The van der Waals surface area contributed by atoms with Crippen molar-refractivity contribution in [3.63, 3.8) is 0 Å². The molecule has 0 atom stereocenters. The van der Waals surface area contributed by atoms with Crippen LogP contribution in [0.25, 0.3) is 0 Å². The fourth-order valence-electron chi connectivity index (χ4n) is 1.77. The maximum Gasteiger partial charge on any atom is 0.321 e. The summed E-state index contributed by atoms with van der Waals surface area (Å²) < 4.78 is 0. The summed E-state index contributed by atoms with van der Waals surface area (Å²) in [5.41, 5.74) is 7.05. The quantitative estimate of drug-likeness (QED) is 0.750. The van der Waals surface area contributed by atoms with Gasteiger partial charge < -0.3 is 16.0 Å². The number of nitrogens with zero attached hydrogens (tertiary/aromatic N) is 1. The standard InChI is InChI=1S/C12H17N3O/c1-15(11-6-3-7-11)12(16)14-10-5-2-4-9(13)8-10/h2,4-5,8,11H,3,6-7,13H2,1H3,(H,14,16). The molecule has 4 heteroatoms. The number of carbonyl (C=O) groups excluding carboxylic acids is 1. The molecule has 2 rings (SSSR count). The summed E-state index contributed by atoms with van der Waals surface area (Å²) >= 11 is 0. The SMILES string of the molecule is CN(C(=O)Nc1cccc(N)c1)C1CCC1. The minimum atomic E-state index is -0.0599. The van der Waals surface area contributed by atoms with Gasteiger partial charge in [0.15, 0.2) is 0 Å². The third-order valence-electron chi connectivity index (χ3n) is 3.08. The number of hydrogen-bond donors (Lipinski definition) is 2. The lowest BCUT2D eigenvalue weighted by Gasteiger charge is -2.34. The second kappa shape index (κ2) is 4.43. The van der Waals surface area contributed by atoms with Crippen molar-refractivity contribution in [1.29, 1.82) is 0 Å². The number of hydrogen-bond acceptors (Lipinski definition) is 2. The second-order valence-corrected chi connectivity index (χ2v) is 4.25. The van der Waals surface area contributed by atoms with E-state index in [1.54, 1.807) is 17.0 Å². The highest BCUT2D eigenvalue weighted by molar-refractivity contribution is 5.89. The van der Waals surface area contributed by atoms with Gasteiger partial charge in [0.2, 0.25) is 0 Å². The van der Waals surface area contributed by atoms with E-state index in [0.717, 1.165) is 18.5 Å². The van der Waals surface area contributed by atoms with E-state index < -0.39 is 0 Å². The third kappa shape index (κ3) is 2.27. The van der Waals surface area contributed by atoms with Gasteiger partial charge in [0.1, 0.15) is 0 Å². The van der Waals surface area contributed by atoms with E-state index in [1.807, 2.05) is 19.2 Å². The van der Waals surface area contributed by atoms with Crippen LogP contribution in [0.1, 0.15) is 19.3 Å². The highest BCUT2D eigenvalue weighted by atomic mass is 16.2.